The average Bonchev–Trinajstić information content (AvgIpc) is 3.83. The van der Waals surface area contributed by atoms with Gasteiger partial charge in [-0.25, -0.2) is 32.9 Å². The fraction of sp³-hybridized carbons (Fsp3) is 0.312. The van der Waals surface area contributed by atoms with Crippen LogP contribution in [0.15, 0.2) is 90.5 Å². The summed E-state index contributed by atoms with van der Waals surface area (Å²) >= 11 is 0. The lowest BCUT2D eigenvalue weighted by Gasteiger charge is -2.37. The van der Waals surface area contributed by atoms with Crippen LogP contribution < -0.4 is 15.5 Å². The van der Waals surface area contributed by atoms with Crippen molar-refractivity contribution < 1.29 is 13.5 Å². The van der Waals surface area contributed by atoms with E-state index in [2.05, 4.69) is 61.6 Å². The number of H-pyrrole nitrogens is 1. The summed E-state index contributed by atoms with van der Waals surface area (Å²) in [7, 11) is 2.13. The number of halogens is 2. The van der Waals surface area contributed by atoms with Gasteiger partial charge in [0.2, 0.25) is 0 Å². The van der Waals surface area contributed by atoms with Crippen LogP contribution in [0.5, 0.6) is 0 Å². The molecule has 229 valence electrons. The van der Waals surface area contributed by atoms with Crippen LogP contribution >= 0.6 is 0 Å². The Labute approximate surface area is 259 Å². The van der Waals surface area contributed by atoms with Crippen molar-refractivity contribution in [1.82, 2.24) is 29.5 Å². The van der Waals surface area contributed by atoms with Gasteiger partial charge in [-0.2, -0.15) is 10.2 Å². The normalized spacial score (nSPS) is 20.1. The van der Waals surface area contributed by atoms with Gasteiger partial charge in [-0.3, -0.25) is 0 Å². The van der Waals surface area contributed by atoms with Crippen LogP contribution in [0.3, 0.4) is 0 Å². The second kappa shape index (κ2) is 12.3. The molecule has 2 aliphatic heterocycles. The number of ether oxygens (including phenoxy) is 1. The first-order valence-electron chi connectivity index (χ1n) is 15.1. The summed E-state index contributed by atoms with van der Waals surface area (Å²) in [5.74, 6) is -1.23. The van der Waals surface area contributed by atoms with Gasteiger partial charge in [-0.1, -0.05) is 30.1 Å². The Hall–Kier alpha value is -4.78. The van der Waals surface area contributed by atoms with Crippen molar-refractivity contribution in [2.24, 2.45) is 0 Å². The van der Waals surface area contributed by atoms with E-state index in [-0.39, 0.29) is 11.7 Å². The topological polar surface area (TPSA) is 97.1 Å². The minimum Gasteiger partial charge on any atom is -0.374 e. The molecule has 2 aromatic heterocycles. The number of aromatic amines is 1. The minimum absolute atomic E-state index is 0.180. The summed E-state index contributed by atoms with van der Waals surface area (Å²) < 4.78 is 38.2. The quantitative estimate of drug-likeness (QED) is 0.255. The van der Waals surface area contributed by atoms with Crippen LogP contribution in [0.1, 0.15) is 24.0 Å². The molecule has 45 heavy (non-hydrogen) atoms. The molecule has 0 amide bonds. The Bertz CT molecular complexity index is 1790. The number of aromatic nitrogens is 6. The minimum atomic E-state index is -0.958. The smallest absolute Gasteiger partial charge is 0.347 e. The van der Waals surface area contributed by atoms with Crippen LogP contribution in [-0.4, -0.2) is 69.0 Å². The molecule has 13 heteroatoms. The molecule has 5 aromatic rings. The number of hydrogen-bond donors (Lipinski definition) is 1. The second-order valence-electron chi connectivity index (χ2n) is 11.5. The molecule has 0 aliphatic carbocycles. The van der Waals surface area contributed by atoms with Crippen LogP contribution in [0.4, 0.5) is 20.2 Å². The van der Waals surface area contributed by atoms with Gasteiger partial charge in [0.1, 0.15) is 36.2 Å². The van der Waals surface area contributed by atoms with Crippen LogP contribution in [0.25, 0.3) is 5.69 Å². The molecule has 2 unspecified atom stereocenters. The monoisotopic (exact) mass is 609 g/mol. The molecule has 2 saturated heterocycles. The zero-order valence-electron chi connectivity index (χ0n) is 24.6. The van der Waals surface area contributed by atoms with E-state index in [1.165, 1.54) is 40.6 Å². The number of piperazine rings is 1. The summed E-state index contributed by atoms with van der Waals surface area (Å²) in [4.78, 5) is 20.6. The van der Waals surface area contributed by atoms with Crippen molar-refractivity contribution in [1.29, 1.82) is 0 Å². The largest absolute Gasteiger partial charge is 0.374 e. The van der Waals surface area contributed by atoms with Crippen molar-refractivity contribution in [3.63, 3.8) is 0 Å². The van der Waals surface area contributed by atoms with E-state index in [0.29, 0.717) is 24.8 Å². The van der Waals surface area contributed by atoms with Crippen molar-refractivity contribution in [2.75, 3.05) is 36.0 Å². The molecule has 0 spiro atoms. The average molecular weight is 609 g/mol. The van der Waals surface area contributed by atoms with E-state index < -0.39 is 17.2 Å². The highest BCUT2D eigenvalue weighted by Gasteiger charge is 2.44. The van der Waals surface area contributed by atoms with E-state index in [1.54, 1.807) is 11.0 Å². The molecule has 0 saturated carbocycles. The maximum absolute atomic E-state index is 14.9. The third-order valence-electron chi connectivity index (χ3n) is 8.76. The standard InChI is InChI=1S/C32H32BF2N8O2/c34-24-3-10-28(29(35)17-24)32(19-42-21-36-20-38-42)12-11-30(45-32)33-18-23-1-4-25(5-2-23)40-13-15-41(16-14-40)26-6-8-27(9-7-26)43-22-37-39-31(43)44/h1-10,17,20-22,30H,11-16,18-19H2,(H,39,44). The van der Waals surface area contributed by atoms with Crippen molar-refractivity contribution in [3.8, 4) is 5.69 Å². The maximum atomic E-state index is 14.9. The van der Waals surface area contributed by atoms with E-state index in [9.17, 15) is 13.6 Å². The summed E-state index contributed by atoms with van der Waals surface area (Å²) in [6.07, 6.45) is 6.51. The van der Waals surface area contributed by atoms with Gasteiger partial charge in [0, 0.05) is 55.2 Å². The fourth-order valence-electron chi connectivity index (χ4n) is 6.37. The Kier molecular flexibility index (Phi) is 7.93. The van der Waals surface area contributed by atoms with Crippen LogP contribution in [0.2, 0.25) is 0 Å². The first-order chi connectivity index (χ1) is 22.0. The molecule has 2 atom stereocenters. The molecule has 1 N–H and O–H groups in total. The molecule has 0 bridgehead atoms. The Morgan fingerprint density at radius 1 is 0.911 bits per heavy atom. The number of nitrogens with zero attached hydrogens (tertiary/aromatic N) is 7. The van der Waals surface area contributed by atoms with E-state index in [4.69, 9.17) is 4.74 Å². The molecule has 2 fully saturated rings. The third-order valence-corrected chi connectivity index (χ3v) is 8.76. The lowest BCUT2D eigenvalue weighted by molar-refractivity contribution is -0.0357. The molecular weight excluding hydrogens is 577 g/mol. The lowest BCUT2D eigenvalue weighted by Crippen LogP contribution is -2.46. The number of rotatable bonds is 9. The van der Waals surface area contributed by atoms with Crippen LogP contribution in [-0.2, 0) is 23.2 Å². The highest BCUT2D eigenvalue weighted by atomic mass is 19.1. The lowest BCUT2D eigenvalue weighted by atomic mass is 9.65. The van der Waals surface area contributed by atoms with Gasteiger partial charge < -0.3 is 14.5 Å². The predicted molar refractivity (Wildman–Crippen MR) is 167 cm³/mol. The Morgan fingerprint density at radius 3 is 2.22 bits per heavy atom. The van der Waals surface area contributed by atoms with Crippen molar-refractivity contribution in [3.05, 3.63) is 119 Å². The fourth-order valence-corrected chi connectivity index (χ4v) is 6.37. The predicted octanol–water partition coefficient (Wildman–Crippen LogP) is 3.69. The molecule has 10 nitrogen and oxygen atoms in total. The number of anilines is 2. The Morgan fingerprint density at radius 2 is 1.60 bits per heavy atom. The van der Waals surface area contributed by atoms with Crippen LogP contribution in [0, 0.1) is 11.6 Å². The number of nitrogens with one attached hydrogen (secondary N) is 1. The van der Waals surface area contributed by atoms with Gasteiger partial charge in [0.25, 0.3) is 0 Å². The second-order valence-corrected chi connectivity index (χ2v) is 11.5. The third kappa shape index (κ3) is 6.12. The molecular formula is C32H32BF2N8O2. The number of hydrogen-bond acceptors (Lipinski definition) is 7. The van der Waals surface area contributed by atoms with E-state index in [0.717, 1.165) is 50.0 Å². The van der Waals surface area contributed by atoms with Crippen molar-refractivity contribution in [2.45, 2.75) is 37.3 Å². The molecule has 1 radical (unpaired) electrons. The van der Waals surface area contributed by atoms with Gasteiger partial charge in [-0.05, 0) is 55.3 Å². The zero-order chi connectivity index (χ0) is 30.8. The summed E-state index contributed by atoms with van der Waals surface area (Å²) in [6.45, 7) is 3.88. The highest BCUT2D eigenvalue weighted by Crippen LogP contribution is 2.42. The van der Waals surface area contributed by atoms with Gasteiger partial charge in [0.05, 0.1) is 12.2 Å². The summed E-state index contributed by atoms with van der Waals surface area (Å²) in [5.41, 5.74) is 3.38. The Balaban J connectivity index is 0.936. The zero-order valence-corrected chi connectivity index (χ0v) is 24.6. The van der Waals surface area contributed by atoms with Crippen molar-refractivity contribution >= 4 is 18.7 Å². The van der Waals surface area contributed by atoms with Gasteiger partial charge >= 0.3 is 5.69 Å². The highest BCUT2D eigenvalue weighted by molar-refractivity contribution is 6.36. The number of benzene rings is 3. The molecule has 3 aromatic carbocycles. The SMILES string of the molecule is O=c1[nH]ncn1-c1ccc(N2CCN(c3ccc(C[B]C4CCC(Cn5cncn5)(c5ccc(F)cc5F)O4)cc3)CC2)cc1. The molecule has 2 aliphatic rings. The van der Waals surface area contributed by atoms with E-state index in [1.807, 2.05) is 24.3 Å². The maximum Gasteiger partial charge on any atom is 0.347 e. The van der Waals surface area contributed by atoms with Gasteiger partial charge in [0.15, 0.2) is 7.28 Å². The van der Waals surface area contributed by atoms with Gasteiger partial charge in [-0.15, -0.1) is 0 Å². The summed E-state index contributed by atoms with van der Waals surface area (Å²) in [6, 6.07) is 20.0. The first-order valence-corrected chi connectivity index (χ1v) is 15.1. The van der Waals surface area contributed by atoms with E-state index >= 15 is 0 Å². The molecule has 4 heterocycles. The first kappa shape index (κ1) is 29.0. The molecule has 7 rings (SSSR count). The summed E-state index contributed by atoms with van der Waals surface area (Å²) in [5, 5.41) is 10.4.